The third-order valence-corrected chi connectivity index (χ3v) is 3.31. The number of hydrogen-bond donors (Lipinski definition) is 1. The zero-order chi connectivity index (χ0) is 14.5. The Labute approximate surface area is 122 Å². The number of nitrogens with zero attached hydrogens (tertiary/aromatic N) is 1. The normalized spacial score (nSPS) is 10.3. The second kappa shape index (κ2) is 6.39. The van der Waals surface area contributed by atoms with Crippen molar-refractivity contribution in [1.29, 1.82) is 0 Å². The topological polar surface area (TPSA) is 55.2 Å². The largest absolute Gasteiger partial charge is 0.384 e. The zero-order valence-corrected chi connectivity index (χ0v) is 11.9. The summed E-state index contributed by atoms with van der Waals surface area (Å²) in [6.45, 7) is 2.77. The minimum Gasteiger partial charge on any atom is -0.384 e. The molecule has 4 nitrogen and oxygen atoms in total. The summed E-state index contributed by atoms with van der Waals surface area (Å²) in [5, 5.41) is 14.6. The van der Waals surface area contributed by atoms with Crippen molar-refractivity contribution < 1.29 is 4.92 Å². The van der Waals surface area contributed by atoms with E-state index < -0.39 is 4.92 Å². The molecule has 104 valence electrons. The summed E-state index contributed by atoms with van der Waals surface area (Å²) in [5.74, 6) is 0. The molecule has 2 rings (SSSR count). The summed E-state index contributed by atoms with van der Waals surface area (Å²) < 4.78 is 0. The zero-order valence-electron chi connectivity index (χ0n) is 11.1. The van der Waals surface area contributed by atoms with Crippen molar-refractivity contribution in [1.82, 2.24) is 0 Å². The summed E-state index contributed by atoms with van der Waals surface area (Å²) >= 11 is 5.96. The summed E-state index contributed by atoms with van der Waals surface area (Å²) in [6, 6.07) is 12.3. The molecule has 0 spiro atoms. The highest BCUT2D eigenvalue weighted by Gasteiger charge is 2.04. The van der Waals surface area contributed by atoms with Crippen molar-refractivity contribution in [2.75, 3.05) is 11.9 Å². The monoisotopic (exact) mass is 290 g/mol. The van der Waals surface area contributed by atoms with Crippen LogP contribution in [0.3, 0.4) is 0 Å². The third-order valence-electron chi connectivity index (χ3n) is 3.08. The van der Waals surface area contributed by atoms with Crippen molar-refractivity contribution in [3.63, 3.8) is 0 Å². The quantitative estimate of drug-likeness (QED) is 0.663. The first kappa shape index (κ1) is 14.3. The second-order valence-electron chi connectivity index (χ2n) is 4.56. The summed E-state index contributed by atoms with van der Waals surface area (Å²) in [5.41, 5.74) is 3.33. The molecular formula is C15H15ClN2O2. The van der Waals surface area contributed by atoms with E-state index in [0.717, 1.165) is 29.8 Å². The van der Waals surface area contributed by atoms with Crippen molar-refractivity contribution in [3.05, 3.63) is 68.7 Å². The summed E-state index contributed by atoms with van der Waals surface area (Å²) in [7, 11) is 0. The lowest BCUT2D eigenvalue weighted by atomic mass is 10.1. The Bertz CT molecular complexity index is 612. The first-order valence-corrected chi connectivity index (χ1v) is 6.67. The van der Waals surface area contributed by atoms with E-state index in [1.165, 1.54) is 12.1 Å². The molecule has 0 aliphatic carbocycles. The van der Waals surface area contributed by atoms with Crippen LogP contribution in [0.2, 0.25) is 5.02 Å². The molecule has 1 N–H and O–H groups in total. The number of anilines is 1. The molecule has 0 heterocycles. The SMILES string of the molecule is Cc1ccc(Cl)cc1NCCc1ccc([N+](=O)[O-])cc1. The van der Waals surface area contributed by atoms with Crippen LogP contribution in [0.4, 0.5) is 11.4 Å². The third kappa shape index (κ3) is 3.71. The van der Waals surface area contributed by atoms with Gasteiger partial charge in [-0.3, -0.25) is 10.1 Å². The molecule has 2 aromatic carbocycles. The van der Waals surface area contributed by atoms with Crippen molar-refractivity contribution in [2.24, 2.45) is 0 Å². The number of benzene rings is 2. The molecule has 0 aliphatic heterocycles. The summed E-state index contributed by atoms with van der Waals surface area (Å²) in [6.07, 6.45) is 0.796. The van der Waals surface area contributed by atoms with Gasteiger partial charge in [-0.05, 0) is 36.6 Å². The number of halogens is 1. The minimum absolute atomic E-state index is 0.118. The van der Waals surface area contributed by atoms with E-state index in [1.807, 2.05) is 25.1 Å². The number of nitrogens with one attached hydrogen (secondary N) is 1. The highest BCUT2D eigenvalue weighted by Crippen LogP contribution is 2.20. The van der Waals surface area contributed by atoms with E-state index in [9.17, 15) is 10.1 Å². The van der Waals surface area contributed by atoms with E-state index in [4.69, 9.17) is 11.6 Å². The fourth-order valence-electron chi connectivity index (χ4n) is 1.91. The molecule has 5 heteroatoms. The van der Waals surface area contributed by atoms with E-state index >= 15 is 0 Å². The molecule has 0 saturated carbocycles. The van der Waals surface area contributed by atoms with Gasteiger partial charge in [0.1, 0.15) is 0 Å². The number of nitro benzene ring substituents is 1. The Morgan fingerprint density at radius 2 is 1.90 bits per heavy atom. The van der Waals surface area contributed by atoms with Crippen LogP contribution in [0.5, 0.6) is 0 Å². The number of nitro groups is 1. The molecule has 0 saturated heterocycles. The van der Waals surface area contributed by atoms with Crippen LogP contribution in [0.15, 0.2) is 42.5 Å². The maximum absolute atomic E-state index is 10.6. The van der Waals surface area contributed by atoms with E-state index in [2.05, 4.69) is 5.32 Å². The van der Waals surface area contributed by atoms with E-state index in [-0.39, 0.29) is 5.69 Å². The fourth-order valence-corrected chi connectivity index (χ4v) is 2.08. The average molecular weight is 291 g/mol. The molecular weight excluding hydrogens is 276 g/mol. The molecule has 0 amide bonds. The van der Waals surface area contributed by atoms with Crippen LogP contribution in [0, 0.1) is 17.0 Å². The second-order valence-corrected chi connectivity index (χ2v) is 5.00. The standard InChI is InChI=1S/C15H15ClN2O2/c1-11-2-5-13(16)10-15(11)17-9-8-12-3-6-14(7-4-12)18(19)20/h2-7,10,17H,8-9H2,1H3. The predicted octanol–water partition coefficient (Wildman–Crippen LogP) is 4.21. The molecule has 0 unspecified atom stereocenters. The smallest absolute Gasteiger partial charge is 0.269 e. The molecule has 0 fully saturated rings. The lowest BCUT2D eigenvalue weighted by Crippen LogP contribution is -2.06. The molecule has 0 atom stereocenters. The lowest BCUT2D eigenvalue weighted by molar-refractivity contribution is -0.384. The molecule has 20 heavy (non-hydrogen) atoms. The van der Waals surface area contributed by atoms with Crippen molar-refractivity contribution >= 4 is 23.0 Å². The van der Waals surface area contributed by atoms with E-state index in [1.54, 1.807) is 12.1 Å². The number of non-ortho nitro benzene ring substituents is 1. The van der Waals surface area contributed by atoms with E-state index in [0.29, 0.717) is 5.02 Å². The van der Waals surface area contributed by atoms with Crippen molar-refractivity contribution in [3.8, 4) is 0 Å². The van der Waals surface area contributed by atoms with Gasteiger partial charge in [-0.2, -0.15) is 0 Å². The van der Waals surface area contributed by atoms with Gasteiger partial charge in [0.2, 0.25) is 0 Å². The molecule has 0 aliphatic rings. The average Bonchev–Trinajstić information content (AvgIpc) is 2.43. The maximum Gasteiger partial charge on any atom is 0.269 e. The minimum atomic E-state index is -0.392. The predicted molar refractivity (Wildman–Crippen MR) is 81.5 cm³/mol. The van der Waals surface area contributed by atoms with Crippen LogP contribution >= 0.6 is 11.6 Å². The van der Waals surface area contributed by atoms with Gasteiger partial charge in [0, 0.05) is 29.4 Å². The van der Waals surface area contributed by atoms with Gasteiger partial charge in [-0.1, -0.05) is 29.8 Å². The fraction of sp³-hybridized carbons (Fsp3) is 0.200. The molecule has 0 radical (unpaired) electrons. The Morgan fingerprint density at radius 3 is 2.55 bits per heavy atom. The summed E-state index contributed by atoms with van der Waals surface area (Å²) in [4.78, 5) is 10.2. The van der Waals surface area contributed by atoms with Gasteiger partial charge in [0.25, 0.3) is 5.69 Å². The molecule has 0 bridgehead atoms. The van der Waals surface area contributed by atoms with Gasteiger partial charge < -0.3 is 5.32 Å². The van der Waals surface area contributed by atoms with Crippen LogP contribution in [0.1, 0.15) is 11.1 Å². The van der Waals surface area contributed by atoms with Crippen LogP contribution in [-0.4, -0.2) is 11.5 Å². The highest BCUT2D eigenvalue weighted by molar-refractivity contribution is 6.30. The van der Waals surface area contributed by atoms with Crippen LogP contribution in [0.25, 0.3) is 0 Å². The number of rotatable bonds is 5. The Balaban J connectivity index is 1.92. The van der Waals surface area contributed by atoms with Gasteiger partial charge in [0.05, 0.1) is 4.92 Å². The number of aryl methyl sites for hydroxylation is 1. The van der Waals surface area contributed by atoms with Gasteiger partial charge in [-0.15, -0.1) is 0 Å². The molecule has 0 aromatic heterocycles. The van der Waals surface area contributed by atoms with Gasteiger partial charge in [0.15, 0.2) is 0 Å². The Hall–Kier alpha value is -2.07. The van der Waals surface area contributed by atoms with Gasteiger partial charge >= 0.3 is 0 Å². The Morgan fingerprint density at radius 1 is 1.20 bits per heavy atom. The van der Waals surface area contributed by atoms with Crippen molar-refractivity contribution in [2.45, 2.75) is 13.3 Å². The number of hydrogen-bond acceptors (Lipinski definition) is 3. The maximum atomic E-state index is 10.6. The van der Waals surface area contributed by atoms with Gasteiger partial charge in [-0.25, -0.2) is 0 Å². The Kier molecular flexibility index (Phi) is 4.58. The van der Waals surface area contributed by atoms with Crippen LogP contribution < -0.4 is 5.32 Å². The molecule has 2 aromatic rings. The van der Waals surface area contributed by atoms with Crippen LogP contribution in [-0.2, 0) is 6.42 Å². The highest BCUT2D eigenvalue weighted by atomic mass is 35.5. The first-order chi connectivity index (χ1) is 9.56. The first-order valence-electron chi connectivity index (χ1n) is 6.29. The lowest BCUT2D eigenvalue weighted by Gasteiger charge is -2.10.